The maximum atomic E-state index is 12.2. The van der Waals surface area contributed by atoms with Gasteiger partial charge in [0.25, 0.3) is 0 Å². The Balaban J connectivity index is 2.22. The molecule has 3 aromatic carbocycles. The van der Waals surface area contributed by atoms with Crippen LogP contribution in [0.3, 0.4) is 0 Å². The molecule has 3 heteroatoms. The normalized spacial score (nSPS) is 13.3. The summed E-state index contributed by atoms with van der Waals surface area (Å²) >= 11 is 1.28. The molecule has 0 aliphatic carbocycles. The van der Waals surface area contributed by atoms with Gasteiger partial charge in [-0.1, -0.05) is 18.2 Å². The summed E-state index contributed by atoms with van der Waals surface area (Å²) in [4.78, 5) is 24.8. The van der Waals surface area contributed by atoms with Gasteiger partial charge in [0.1, 0.15) is 0 Å². The summed E-state index contributed by atoms with van der Waals surface area (Å²) in [5.74, 6) is 0.0444. The van der Waals surface area contributed by atoms with Gasteiger partial charge in [0.2, 0.25) is 5.12 Å². The predicted octanol–water partition coefficient (Wildman–Crippen LogP) is 4.75. The SMILES string of the molecule is CC(=O)c1ccc2cc3c(C)ccc4c3c(c2c1)SC4=O. The number of carbonyl (C=O) groups is 2. The van der Waals surface area contributed by atoms with E-state index in [0.717, 1.165) is 32.0 Å². The summed E-state index contributed by atoms with van der Waals surface area (Å²) in [5, 5.41) is 4.33. The summed E-state index contributed by atoms with van der Waals surface area (Å²) < 4.78 is 0. The number of aryl methyl sites for hydroxylation is 1. The molecule has 0 fully saturated rings. The Bertz CT molecular complexity index is 970. The van der Waals surface area contributed by atoms with Gasteiger partial charge in [-0.05, 0) is 65.5 Å². The topological polar surface area (TPSA) is 34.1 Å². The van der Waals surface area contributed by atoms with Crippen LogP contribution in [0.5, 0.6) is 0 Å². The molecule has 1 heterocycles. The van der Waals surface area contributed by atoms with E-state index in [-0.39, 0.29) is 10.9 Å². The summed E-state index contributed by atoms with van der Waals surface area (Å²) in [7, 11) is 0. The van der Waals surface area contributed by atoms with Crippen molar-refractivity contribution in [2.75, 3.05) is 0 Å². The second-order valence-corrected chi connectivity index (χ2v) is 6.42. The van der Waals surface area contributed by atoms with E-state index in [1.807, 2.05) is 30.3 Å². The zero-order valence-corrected chi connectivity index (χ0v) is 12.5. The van der Waals surface area contributed by atoms with Gasteiger partial charge in [0.05, 0.1) is 0 Å². The summed E-state index contributed by atoms with van der Waals surface area (Å²) in [6.07, 6.45) is 0. The highest BCUT2D eigenvalue weighted by Gasteiger charge is 2.26. The summed E-state index contributed by atoms with van der Waals surface area (Å²) in [6.45, 7) is 3.63. The summed E-state index contributed by atoms with van der Waals surface area (Å²) in [6, 6.07) is 11.8. The van der Waals surface area contributed by atoms with Gasteiger partial charge in [-0.2, -0.15) is 0 Å². The molecule has 21 heavy (non-hydrogen) atoms. The molecule has 3 aromatic rings. The van der Waals surface area contributed by atoms with E-state index in [9.17, 15) is 9.59 Å². The predicted molar refractivity (Wildman–Crippen MR) is 86.4 cm³/mol. The molecule has 0 N–H and O–H groups in total. The molecule has 4 rings (SSSR count). The van der Waals surface area contributed by atoms with Gasteiger partial charge in [0.15, 0.2) is 5.78 Å². The van der Waals surface area contributed by atoms with Crippen molar-refractivity contribution in [3.63, 3.8) is 0 Å². The number of thioether (sulfide) groups is 1. The van der Waals surface area contributed by atoms with Gasteiger partial charge in [-0.3, -0.25) is 9.59 Å². The lowest BCUT2D eigenvalue weighted by Gasteiger charge is -2.09. The number of fused-ring (bicyclic) bond motifs is 2. The fourth-order valence-corrected chi connectivity index (χ4v) is 4.04. The van der Waals surface area contributed by atoms with Crippen LogP contribution in [0.25, 0.3) is 21.5 Å². The first-order chi connectivity index (χ1) is 10.1. The van der Waals surface area contributed by atoms with Gasteiger partial charge < -0.3 is 0 Å². The highest BCUT2D eigenvalue weighted by molar-refractivity contribution is 8.15. The summed E-state index contributed by atoms with van der Waals surface area (Å²) in [5.41, 5.74) is 2.64. The number of hydrogen-bond donors (Lipinski definition) is 0. The van der Waals surface area contributed by atoms with Crippen molar-refractivity contribution in [3.05, 3.63) is 53.1 Å². The van der Waals surface area contributed by atoms with Crippen molar-refractivity contribution >= 4 is 44.2 Å². The number of hydrogen-bond acceptors (Lipinski definition) is 3. The van der Waals surface area contributed by atoms with Crippen molar-refractivity contribution in [2.45, 2.75) is 18.7 Å². The van der Waals surface area contributed by atoms with Crippen LogP contribution in [0.1, 0.15) is 33.2 Å². The van der Waals surface area contributed by atoms with Crippen molar-refractivity contribution in [1.82, 2.24) is 0 Å². The van der Waals surface area contributed by atoms with Crippen LogP contribution in [0, 0.1) is 6.92 Å². The van der Waals surface area contributed by atoms with Crippen LogP contribution in [0.15, 0.2) is 41.3 Å². The van der Waals surface area contributed by atoms with Crippen molar-refractivity contribution < 1.29 is 9.59 Å². The average Bonchev–Trinajstić information content (AvgIpc) is 2.80. The first-order valence-electron chi connectivity index (χ1n) is 6.79. The van der Waals surface area contributed by atoms with Crippen LogP contribution in [-0.4, -0.2) is 10.9 Å². The molecule has 0 atom stereocenters. The molecule has 0 bridgehead atoms. The number of benzene rings is 3. The Morgan fingerprint density at radius 1 is 1.05 bits per heavy atom. The zero-order chi connectivity index (χ0) is 14.7. The minimum absolute atomic E-state index is 0.0444. The first kappa shape index (κ1) is 12.6. The van der Waals surface area contributed by atoms with E-state index in [1.165, 1.54) is 17.3 Å². The average molecular weight is 292 g/mol. The van der Waals surface area contributed by atoms with Crippen molar-refractivity contribution in [1.29, 1.82) is 0 Å². The van der Waals surface area contributed by atoms with E-state index >= 15 is 0 Å². The molecule has 2 nitrogen and oxygen atoms in total. The molecule has 0 amide bonds. The van der Waals surface area contributed by atoms with E-state index in [1.54, 1.807) is 6.92 Å². The Morgan fingerprint density at radius 2 is 1.86 bits per heavy atom. The van der Waals surface area contributed by atoms with Crippen LogP contribution < -0.4 is 0 Å². The van der Waals surface area contributed by atoms with Gasteiger partial charge in [-0.15, -0.1) is 0 Å². The van der Waals surface area contributed by atoms with E-state index in [0.29, 0.717) is 5.56 Å². The minimum atomic E-state index is 0.0444. The fraction of sp³-hybridized carbons (Fsp3) is 0.111. The Kier molecular flexibility index (Phi) is 2.51. The molecule has 0 saturated carbocycles. The lowest BCUT2D eigenvalue weighted by Crippen LogP contribution is -1.92. The van der Waals surface area contributed by atoms with E-state index < -0.39 is 0 Å². The minimum Gasteiger partial charge on any atom is -0.295 e. The maximum Gasteiger partial charge on any atom is 0.224 e. The highest BCUT2D eigenvalue weighted by Crippen LogP contribution is 2.45. The van der Waals surface area contributed by atoms with Crippen LogP contribution >= 0.6 is 11.8 Å². The number of Topliss-reactive ketones (excluding diaryl/α,β-unsaturated/α-hetero) is 1. The molecule has 0 unspecified atom stereocenters. The second-order valence-electron chi connectivity index (χ2n) is 5.44. The third kappa shape index (κ3) is 1.67. The van der Waals surface area contributed by atoms with E-state index in [4.69, 9.17) is 0 Å². The molecule has 1 aliphatic heterocycles. The number of rotatable bonds is 1. The molecule has 0 aromatic heterocycles. The van der Waals surface area contributed by atoms with Gasteiger partial charge in [0, 0.05) is 21.4 Å². The van der Waals surface area contributed by atoms with Crippen LogP contribution in [0.2, 0.25) is 0 Å². The molecule has 102 valence electrons. The van der Waals surface area contributed by atoms with Gasteiger partial charge in [-0.25, -0.2) is 0 Å². The maximum absolute atomic E-state index is 12.2. The smallest absolute Gasteiger partial charge is 0.224 e. The number of ketones is 1. The Labute approximate surface area is 126 Å². The number of carbonyl (C=O) groups excluding carboxylic acids is 2. The van der Waals surface area contributed by atoms with Crippen LogP contribution in [-0.2, 0) is 0 Å². The van der Waals surface area contributed by atoms with E-state index in [2.05, 4.69) is 13.0 Å². The molecule has 0 radical (unpaired) electrons. The second kappa shape index (κ2) is 4.18. The van der Waals surface area contributed by atoms with Crippen molar-refractivity contribution in [2.24, 2.45) is 0 Å². The zero-order valence-electron chi connectivity index (χ0n) is 11.7. The third-order valence-corrected chi connectivity index (χ3v) is 5.14. The highest BCUT2D eigenvalue weighted by atomic mass is 32.2. The monoisotopic (exact) mass is 292 g/mol. The van der Waals surface area contributed by atoms with Gasteiger partial charge >= 0.3 is 0 Å². The Hall–Kier alpha value is -2.13. The standard InChI is InChI=1S/C18H12O2S/c1-9-3-6-13-16-14(9)8-12-5-4-11(10(2)19)7-15(12)17(16)21-18(13)20/h3-8H,1-2H3. The Morgan fingerprint density at radius 3 is 2.62 bits per heavy atom. The largest absolute Gasteiger partial charge is 0.295 e. The van der Waals surface area contributed by atoms with Crippen molar-refractivity contribution in [3.8, 4) is 0 Å². The molecule has 0 spiro atoms. The molecular formula is C18H12O2S. The molecule has 1 aliphatic rings. The lowest BCUT2D eigenvalue weighted by molar-refractivity contribution is 0.101. The van der Waals surface area contributed by atoms with Crippen LogP contribution in [0.4, 0.5) is 0 Å². The molecule has 0 saturated heterocycles. The lowest BCUT2D eigenvalue weighted by atomic mass is 9.95. The fourth-order valence-electron chi connectivity index (χ4n) is 2.97. The third-order valence-electron chi connectivity index (χ3n) is 4.11. The quantitative estimate of drug-likeness (QED) is 0.479. The first-order valence-corrected chi connectivity index (χ1v) is 7.61. The molecular weight excluding hydrogens is 280 g/mol.